The molecular weight excluding hydrogens is 197 g/mol. The molecule has 2 nitrogen and oxygen atoms in total. The lowest BCUT2D eigenvalue weighted by Crippen LogP contribution is -1.80. The van der Waals surface area contributed by atoms with E-state index in [9.17, 15) is 4.57 Å². The lowest BCUT2D eigenvalue weighted by Gasteiger charge is -2.01. The highest BCUT2D eigenvalue weighted by Gasteiger charge is 2.08. The van der Waals surface area contributed by atoms with E-state index in [0.717, 1.165) is 0 Å². The fourth-order valence-corrected chi connectivity index (χ4v) is 2.01. The zero-order valence-electron chi connectivity index (χ0n) is 7.66. The van der Waals surface area contributed by atoms with Crippen LogP contribution >= 0.6 is 28.5 Å². The van der Waals surface area contributed by atoms with Crippen LogP contribution in [0.2, 0.25) is 0 Å². The Morgan fingerprint density at radius 3 is 1.45 bits per heavy atom. The van der Waals surface area contributed by atoms with Crippen molar-refractivity contribution < 1.29 is 4.57 Å². The molecule has 2 N–H and O–H groups in total. The molecule has 0 aromatic carbocycles. The average Bonchev–Trinajstić information content (AvgIpc) is 2.05. The van der Waals surface area contributed by atoms with Crippen LogP contribution in [0, 0.1) is 0 Å². The first-order chi connectivity index (χ1) is 5.04. The zero-order chi connectivity index (χ0) is 9.33. The van der Waals surface area contributed by atoms with E-state index in [-0.39, 0.29) is 0 Å². The Morgan fingerprint density at radius 1 is 1.18 bits per heavy atom. The largest absolute Gasteiger partial charge is 0.283 e. The van der Waals surface area contributed by atoms with E-state index >= 15 is 0 Å². The summed E-state index contributed by atoms with van der Waals surface area (Å²) in [6.45, 7) is 4.36. The van der Waals surface area contributed by atoms with Crippen LogP contribution in [0.15, 0.2) is 0 Å². The summed E-state index contributed by atoms with van der Waals surface area (Å²) in [5.41, 5.74) is 2.88. The predicted octanol–water partition coefficient (Wildman–Crippen LogP) is 3.59. The van der Waals surface area contributed by atoms with Crippen molar-refractivity contribution in [3.8, 4) is 0 Å². The number of unbranched alkanes of at least 4 members (excludes halogenated alkanes) is 1. The molecule has 11 heavy (non-hydrogen) atoms. The topological polar surface area (TPSA) is 43.1 Å². The molecule has 0 saturated heterocycles. The Labute approximate surface area is 78.0 Å². The minimum Gasteiger partial charge on any atom is -0.283 e. The highest BCUT2D eigenvalue weighted by Crippen LogP contribution is 2.59. The van der Waals surface area contributed by atoms with Crippen LogP contribution in [0.4, 0.5) is 0 Å². The van der Waals surface area contributed by atoms with Crippen molar-refractivity contribution in [1.82, 2.24) is 0 Å². The highest BCUT2D eigenvalue weighted by molar-refractivity contribution is 8.89. The van der Waals surface area contributed by atoms with Gasteiger partial charge in [-0.05, 0) is 12.5 Å². The first kappa shape index (κ1) is 14.4. The Morgan fingerprint density at radius 2 is 1.45 bits per heavy atom. The monoisotopic (exact) mass is 215 g/mol. The Hall–Kier alpha value is 0.890. The van der Waals surface area contributed by atoms with Gasteiger partial charge in [0, 0.05) is 0 Å². The molecule has 5 heteroatoms. The molecule has 0 unspecified atom stereocenters. The summed E-state index contributed by atoms with van der Waals surface area (Å²) in [5, 5.41) is 0. The fourth-order valence-electron chi connectivity index (χ4n) is 0.0745. The molecule has 0 saturated carbocycles. The number of hydrogen-bond acceptors (Lipinski definition) is 3. The quantitative estimate of drug-likeness (QED) is 0.731. The second-order valence-electron chi connectivity index (χ2n) is 1.90. The van der Waals surface area contributed by atoms with Gasteiger partial charge in [-0.3, -0.25) is 10.1 Å². The minimum atomic E-state index is -2.32. The van der Waals surface area contributed by atoms with Crippen molar-refractivity contribution in [2.75, 3.05) is 12.5 Å². The van der Waals surface area contributed by atoms with Gasteiger partial charge in [0.15, 0.2) is 0 Å². The molecule has 0 amide bonds. The van der Waals surface area contributed by atoms with Crippen molar-refractivity contribution >= 4 is 28.5 Å². The molecule has 0 aromatic heterocycles. The summed E-state index contributed by atoms with van der Waals surface area (Å²) in [6.07, 6.45) is 6.13. The average molecular weight is 215 g/mol. The van der Waals surface area contributed by atoms with E-state index < -0.39 is 5.70 Å². The van der Waals surface area contributed by atoms with Gasteiger partial charge in [-0.25, -0.2) is 0 Å². The van der Waals surface area contributed by atoms with E-state index in [4.69, 9.17) is 5.50 Å². The van der Waals surface area contributed by atoms with Gasteiger partial charge >= 0.3 is 0 Å². The first-order valence-electron chi connectivity index (χ1n) is 3.54. The van der Waals surface area contributed by atoms with Crippen molar-refractivity contribution in [2.45, 2.75) is 26.7 Å². The third-order valence-electron chi connectivity index (χ3n) is 1.01. The maximum Gasteiger partial charge on any atom is 0.251 e. The zero-order valence-corrected chi connectivity index (χ0v) is 10.2. The second kappa shape index (κ2) is 8.98. The van der Waals surface area contributed by atoms with Gasteiger partial charge in [0.05, 0.1) is 0 Å². The van der Waals surface area contributed by atoms with Gasteiger partial charge in [0.1, 0.15) is 0 Å². The molecule has 0 atom stereocenters. The molecule has 0 aromatic rings. The smallest absolute Gasteiger partial charge is 0.251 e. The van der Waals surface area contributed by atoms with E-state index in [2.05, 4.69) is 13.8 Å². The Kier molecular flexibility index (Phi) is 11.8. The van der Waals surface area contributed by atoms with E-state index in [1.807, 2.05) is 0 Å². The molecule has 0 radical (unpaired) electrons. The first-order valence-corrected chi connectivity index (χ1v) is 8.97. The van der Waals surface area contributed by atoms with Gasteiger partial charge in [-0.2, -0.15) is 0 Å². The molecule has 70 valence electrons. The number of hydrogen-bond donors (Lipinski definition) is 1. The number of rotatable bonds is 3. The van der Waals surface area contributed by atoms with E-state index in [0.29, 0.717) is 0 Å². The lowest BCUT2D eigenvalue weighted by molar-refractivity contribution is 0.594. The van der Waals surface area contributed by atoms with Crippen molar-refractivity contribution in [1.29, 1.82) is 0 Å². The van der Waals surface area contributed by atoms with Crippen LogP contribution in [0.3, 0.4) is 0 Å². The van der Waals surface area contributed by atoms with Crippen LogP contribution in [0.5, 0.6) is 0 Å². The molecule has 0 heterocycles. The normalized spacial score (nSPS) is 10.3. The Bertz CT molecular complexity index is 111. The molecule has 0 aliphatic rings. The third-order valence-corrected chi connectivity index (χ3v) is 7.76. The molecule has 0 fully saturated rings. The van der Waals surface area contributed by atoms with Gasteiger partial charge in [0.25, 0.3) is 5.70 Å². The van der Waals surface area contributed by atoms with Gasteiger partial charge in [-0.15, -0.1) is 0 Å². The summed E-state index contributed by atoms with van der Waals surface area (Å²) in [5.74, 6) is 0. The van der Waals surface area contributed by atoms with Crippen LogP contribution < -0.4 is 5.50 Å². The third kappa shape index (κ3) is 13.8. The van der Waals surface area contributed by atoms with Crippen LogP contribution in [0.25, 0.3) is 0 Å². The van der Waals surface area contributed by atoms with Crippen LogP contribution in [-0.4, -0.2) is 12.5 Å². The molecular formula is C6H18NOPS2. The summed E-state index contributed by atoms with van der Waals surface area (Å²) in [4.78, 5) is 0. The van der Waals surface area contributed by atoms with Gasteiger partial charge in [0.2, 0.25) is 0 Å². The molecule has 0 rings (SSSR count). The van der Waals surface area contributed by atoms with Crippen LogP contribution in [0.1, 0.15) is 26.7 Å². The van der Waals surface area contributed by atoms with Crippen molar-refractivity contribution in [3.63, 3.8) is 0 Å². The molecule has 0 spiro atoms. The maximum atomic E-state index is 10.7. The summed E-state index contributed by atoms with van der Waals surface area (Å²) in [7, 11) is 0. The lowest BCUT2D eigenvalue weighted by atomic mass is 10.4. The molecule has 0 aliphatic carbocycles. The van der Waals surface area contributed by atoms with Gasteiger partial charge < -0.3 is 0 Å². The Balaban J connectivity index is 0. The predicted molar refractivity (Wildman–Crippen MR) is 59.4 cm³/mol. The molecule has 0 bridgehead atoms. The van der Waals surface area contributed by atoms with Crippen molar-refractivity contribution in [3.05, 3.63) is 0 Å². The van der Waals surface area contributed by atoms with Crippen LogP contribution in [-0.2, 0) is 4.57 Å². The van der Waals surface area contributed by atoms with Gasteiger partial charge in [-0.1, -0.05) is 49.5 Å². The summed E-state index contributed by atoms with van der Waals surface area (Å²) < 4.78 is 10.7. The SMILES string of the molecule is CCCC.CSP(N)(=O)SC. The highest BCUT2D eigenvalue weighted by atomic mass is 33.1. The molecule has 0 aliphatic heterocycles. The summed E-state index contributed by atoms with van der Waals surface area (Å²) >= 11 is 2.45. The minimum absolute atomic E-state index is 1.22. The van der Waals surface area contributed by atoms with E-state index in [1.165, 1.54) is 35.6 Å². The summed E-state index contributed by atoms with van der Waals surface area (Å²) in [6, 6.07) is 0. The second-order valence-corrected chi connectivity index (χ2v) is 9.85. The van der Waals surface area contributed by atoms with Crippen molar-refractivity contribution in [2.24, 2.45) is 5.50 Å². The number of nitrogens with two attached hydrogens (primary N) is 1. The maximum absolute atomic E-state index is 10.7. The fraction of sp³-hybridized carbons (Fsp3) is 1.00. The standard InChI is InChI=1S/C4H10.C2H8NOPS2/c1-3-4-2;1-6-5(3,4)7-2/h3-4H2,1-2H3;1-2H3,(H2,3,4). The van der Waals surface area contributed by atoms with E-state index in [1.54, 1.807) is 12.5 Å².